The molecule has 4 nitrogen and oxygen atoms in total. The summed E-state index contributed by atoms with van der Waals surface area (Å²) >= 11 is 11.9. The molecule has 0 radical (unpaired) electrons. The zero-order valence-corrected chi connectivity index (χ0v) is 16.2. The maximum Gasteiger partial charge on any atom is 0.251 e. The summed E-state index contributed by atoms with van der Waals surface area (Å²) in [5.74, 6) is -0.324. The van der Waals surface area contributed by atoms with Gasteiger partial charge in [-0.15, -0.1) is 0 Å². The number of aromatic nitrogens is 1. The number of pyridine rings is 1. The first-order valence-electron chi connectivity index (χ1n) is 8.12. The van der Waals surface area contributed by atoms with Gasteiger partial charge in [-0.25, -0.2) is 0 Å². The minimum atomic E-state index is -0.324. The number of carbonyl (C=O) groups excluding carboxylic acids is 1. The molecule has 0 spiro atoms. The molecule has 0 atom stereocenters. The Kier molecular flexibility index (Phi) is 5.08. The highest BCUT2D eigenvalue weighted by Crippen LogP contribution is 2.24. The number of nitrogens with zero attached hydrogens (tertiary/aromatic N) is 1. The topological polar surface area (TPSA) is 51.1 Å². The van der Waals surface area contributed by atoms with Crippen molar-refractivity contribution in [3.8, 4) is 0 Å². The standard InChI is InChI=1S/C20H18Cl2N2O2/c1-11-4-13(3)20-17(5-11)12(2)6-19(26)24(20)10-18(25)23-16-8-14(21)7-15(22)9-16/h4-9H,10H2,1-3H3,(H,23,25). The molecule has 0 aliphatic rings. The van der Waals surface area contributed by atoms with E-state index in [0.717, 1.165) is 27.6 Å². The third-order valence-electron chi connectivity index (χ3n) is 4.19. The highest BCUT2D eigenvalue weighted by atomic mass is 35.5. The van der Waals surface area contributed by atoms with E-state index in [2.05, 4.69) is 5.32 Å². The van der Waals surface area contributed by atoms with Crippen LogP contribution in [-0.2, 0) is 11.3 Å². The number of benzene rings is 2. The smallest absolute Gasteiger partial charge is 0.251 e. The molecule has 0 fully saturated rings. The number of anilines is 1. The second kappa shape index (κ2) is 7.14. The molecule has 3 aromatic rings. The fraction of sp³-hybridized carbons (Fsp3) is 0.200. The quantitative estimate of drug-likeness (QED) is 0.695. The number of fused-ring (bicyclic) bond motifs is 1. The van der Waals surface area contributed by atoms with Crippen molar-refractivity contribution in [3.63, 3.8) is 0 Å². The van der Waals surface area contributed by atoms with Crippen LogP contribution in [0.1, 0.15) is 16.7 Å². The van der Waals surface area contributed by atoms with Gasteiger partial charge in [0.25, 0.3) is 5.56 Å². The Morgan fingerprint density at radius 2 is 1.62 bits per heavy atom. The lowest BCUT2D eigenvalue weighted by Gasteiger charge is -2.15. The number of carbonyl (C=O) groups is 1. The van der Waals surface area contributed by atoms with Gasteiger partial charge in [0.2, 0.25) is 5.91 Å². The van der Waals surface area contributed by atoms with Crippen LogP contribution in [0.3, 0.4) is 0 Å². The molecule has 0 bridgehead atoms. The minimum absolute atomic E-state index is 0.0936. The Bertz CT molecular complexity index is 1070. The second-order valence-electron chi connectivity index (χ2n) is 6.44. The Morgan fingerprint density at radius 3 is 2.27 bits per heavy atom. The van der Waals surface area contributed by atoms with Gasteiger partial charge in [0.15, 0.2) is 0 Å². The molecule has 134 valence electrons. The lowest BCUT2D eigenvalue weighted by atomic mass is 10.0. The molecule has 1 N–H and O–H groups in total. The third-order valence-corrected chi connectivity index (χ3v) is 4.63. The Labute approximate surface area is 161 Å². The lowest BCUT2D eigenvalue weighted by molar-refractivity contribution is -0.116. The maximum atomic E-state index is 12.5. The van der Waals surface area contributed by atoms with Crippen LogP contribution in [0, 0.1) is 20.8 Å². The Morgan fingerprint density at radius 1 is 0.962 bits per heavy atom. The van der Waals surface area contributed by atoms with Crippen molar-refractivity contribution >= 4 is 45.7 Å². The van der Waals surface area contributed by atoms with Gasteiger partial charge in [-0.05, 0) is 56.2 Å². The van der Waals surface area contributed by atoms with E-state index >= 15 is 0 Å². The van der Waals surface area contributed by atoms with Crippen LogP contribution in [0.2, 0.25) is 10.0 Å². The van der Waals surface area contributed by atoms with E-state index in [9.17, 15) is 9.59 Å². The molecular formula is C20H18Cl2N2O2. The molecule has 0 aliphatic heterocycles. The van der Waals surface area contributed by atoms with Crippen molar-refractivity contribution < 1.29 is 4.79 Å². The molecule has 0 aliphatic carbocycles. The van der Waals surface area contributed by atoms with Crippen LogP contribution in [0.15, 0.2) is 41.2 Å². The average Bonchev–Trinajstić information content (AvgIpc) is 2.50. The van der Waals surface area contributed by atoms with Crippen molar-refractivity contribution in [3.05, 3.63) is 73.5 Å². The predicted octanol–water partition coefficient (Wildman–Crippen LogP) is 4.87. The number of nitrogens with one attached hydrogen (secondary N) is 1. The third kappa shape index (κ3) is 3.76. The molecule has 0 saturated carbocycles. The highest BCUT2D eigenvalue weighted by Gasteiger charge is 2.13. The summed E-state index contributed by atoms with van der Waals surface area (Å²) in [6, 6.07) is 10.4. The summed E-state index contributed by atoms with van der Waals surface area (Å²) in [6.45, 7) is 5.76. The van der Waals surface area contributed by atoms with E-state index in [4.69, 9.17) is 23.2 Å². The summed E-state index contributed by atoms with van der Waals surface area (Å²) in [6.07, 6.45) is 0. The first kappa shape index (κ1) is 18.5. The van der Waals surface area contributed by atoms with Crippen molar-refractivity contribution in [2.45, 2.75) is 27.3 Å². The number of rotatable bonds is 3. The fourth-order valence-electron chi connectivity index (χ4n) is 3.20. The number of hydrogen-bond acceptors (Lipinski definition) is 2. The van der Waals surface area contributed by atoms with Crippen LogP contribution in [-0.4, -0.2) is 10.5 Å². The summed E-state index contributed by atoms with van der Waals surface area (Å²) in [7, 11) is 0. The molecule has 2 aromatic carbocycles. The number of hydrogen-bond donors (Lipinski definition) is 1. The van der Waals surface area contributed by atoms with Gasteiger partial charge < -0.3 is 5.32 Å². The highest BCUT2D eigenvalue weighted by molar-refractivity contribution is 6.35. The van der Waals surface area contributed by atoms with Gasteiger partial charge in [0.05, 0.1) is 5.52 Å². The zero-order chi connectivity index (χ0) is 19.0. The molecular weight excluding hydrogens is 371 g/mol. The molecule has 6 heteroatoms. The van der Waals surface area contributed by atoms with Gasteiger partial charge >= 0.3 is 0 Å². The molecule has 0 saturated heterocycles. The SMILES string of the molecule is Cc1cc(C)c2c(c1)c(C)cc(=O)n2CC(=O)Nc1cc(Cl)cc(Cl)c1. The molecule has 26 heavy (non-hydrogen) atoms. The van der Waals surface area contributed by atoms with Gasteiger partial charge in [0, 0.05) is 27.2 Å². The van der Waals surface area contributed by atoms with Crippen LogP contribution >= 0.6 is 23.2 Å². The molecule has 1 heterocycles. The average molecular weight is 389 g/mol. The molecule has 3 rings (SSSR count). The van der Waals surface area contributed by atoms with Crippen LogP contribution in [0.4, 0.5) is 5.69 Å². The number of halogens is 2. The van der Waals surface area contributed by atoms with Crippen molar-refractivity contribution in [1.82, 2.24) is 4.57 Å². The van der Waals surface area contributed by atoms with E-state index < -0.39 is 0 Å². The molecule has 1 amide bonds. The van der Waals surface area contributed by atoms with Crippen LogP contribution < -0.4 is 10.9 Å². The molecule has 1 aromatic heterocycles. The van der Waals surface area contributed by atoms with Gasteiger partial charge in [-0.2, -0.15) is 0 Å². The fourth-order valence-corrected chi connectivity index (χ4v) is 3.72. The van der Waals surface area contributed by atoms with E-state index in [1.165, 1.54) is 4.57 Å². The summed E-state index contributed by atoms with van der Waals surface area (Å²) in [5.41, 5.74) is 4.03. The van der Waals surface area contributed by atoms with Gasteiger partial charge in [-0.3, -0.25) is 14.2 Å². The summed E-state index contributed by atoms with van der Waals surface area (Å²) in [4.78, 5) is 25.0. The van der Waals surface area contributed by atoms with E-state index in [1.54, 1.807) is 24.3 Å². The van der Waals surface area contributed by atoms with Crippen LogP contribution in [0.25, 0.3) is 10.9 Å². The zero-order valence-electron chi connectivity index (χ0n) is 14.7. The van der Waals surface area contributed by atoms with Crippen molar-refractivity contribution in [2.24, 2.45) is 0 Å². The minimum Gasteiger partial charge on any atom is -0.324 e. The normalized spacial score (nSPS) is 11.0. The lowest BCUT2D eigenvalue weighted by Crippen LogP contribution is -2.28. The Balaban J connectivity index is 2.00. The first-order valence-corrected chi connectivity index (χ1v) is 8.87. The summed E-state index contributed by atoms with van der Waals surface area (Å²) < 4.78 is 1.50. The number of amides is 1. The number of aryl methyl sites for hydroxylation is 3. The largest absolute Gasteiger partial charge is 0.324 e. The van der Waals surface area contributed by atoms with E-state index in [-0.39, 0.29) is 18.0 Å². The van der Waals surface area contributed by atoms with E-state index in [1.807, 2.05) is 32.9 Å². The van der Waals surface area contributed by atoms with E-state index in [0.29, 0.717) is 15.7 Å². The monoisotopic (exact) mass is 388 g/mol. The van der Waals surface area contributed by atoms with Crippen molar-refractivity contribution in [2.75, 3.05) is 5.32 Å². The van der Waals surface area contributed by atoms with Crippen LogP contribution in [0.5, 0.6) is 0 Å². The second-order valence-corrected chi connectivity index (χ2v) is 7.31. The predicted molar refractivity (Wildman–Crippen MR) is 108 cm³/mol. The first-order chi connectivity index (χ1) is 12.2. The maximum absolute atomic E-state index is 12.5. The summed E-state index contributed by atoms with van der Waals surface area (Å²) in [5, 5.41) is 4.57. The van der Waals surface area contributed by atoms with Crippen molar-refractivity contribution in [1.29, 1.82) is 0 Å². The van der Waals surface area contributed by atoms with Gasteiger partial charge in [-0.1, -0.05) is 34.8 Å². The Hall–Kier alpha value is -2.30. The molecule has 0 unspecified atom stereocenters. The van der Waals surface area contributed by atoms with Gasteiger partial charge in [0.1, 0.15) is 6.54 Å².